The largest absolute Gasteiger partial charge is 0.488 e. The minimum absolute atomic E-state index is 0.493. The Balaban J connectivity index is 1.51. The highest BCUT2D eigenvalue weighted by atomic mass is 32.1. The zero-order valence-corrected chi connectivity index (χ0v) is 20.2. The van der Waals surface area contributed by atoms with Crippen LogP contribution in [0.3, 0.4) is 0 Å². The first-order valence-corrected chi connectivity index (χ1v) is 12.8. The van der Waals surface area contributed by atoms with Crippen LogP contribution >= 0.6 is 11.3 Å². The zero-order valence-electron chi connectivity index (χ0n) is 19.3. The minimum Gasteiger partial charge on any atom is -0.423 e. The third kappa shape index (κ3) is 3.27. The predicted molar refractivity (Wildman–Crippen MR) is 155 cm³/mol. The van der Waals surface area contributed by atoms with Gasteiger partial charge < -0.3 is 10.0 Å². The molecule has 1 aromatic heterocycles. The molecule has 2 nitrogen and oxygen atoms in total. The average molecular weight is 480 g/mol. The molecule has 4 heteroatoms. The lowest BCUT2D eigenvalue weighted by molar-refractivity contribution is 0.426. The molecule has 0 saturated carbocycles. The summed E-state index contributed by atoms with van der Waals surface area (Å²) < 4.78 is 2.52. The minimum atomic E-state index is -1.46. The topological polar surface area (TPSA) is 40.5 Å². The third-order valence-corrected chi connectivity index (χ3v) is 8.39. The Bertz CT molecular complexity index is 1920. The van der Waals surface area contributed by atoms with Gasteiger partial charge in [-0.1, -0.05) is 109 Å². The molecule has 170 valence electrons. The first-order valence-electron chi connectivity index (χ1n) is 12.0. The Kier molecular flexibility index (Phi) is 4.93. The fraction of sp³-hybridized carbons (Fsp3) is 0. The molecule has 0 radical (unpaired) electrons. The van der Waals surface area contributed by atoms with E-state index in [0.29, 0.717) is 5.46 Å². The van der Waals surface area contributed by atoms with Crippen molar-refractivity contribution in [3.05, 3.63) is 115 Å². The van der Waals surface area contributed by atoms with E-state index in [0.717, 1.165) is 11.1 Å². The second-order valence-electron chi connectivity index (χ2n) is 9.15. The highest BCUT2D eigenvalue weighted by Crippen LogP contribution is 2.45. The van der Waals surface area contributed by atoms with E-state index in [1.165, 1.54) is 52.8 Å². The summed E-state index contributed by atoms with van der Waals surface area (Å²) >= 11 is 1.83. The standard InChI is InChI=1S/C32H21BO2S/c34-33(35)22-17-15-20(16-18-22)24-11-5-12-27-28-13-6-14-29(32(28)36-31(24)27)30-19-21-7-1-2-8-23(21)25-9-3-4-10-26(25)30/h1-19,34-35H. The van der Waals surface area contributed by atoms with Crippen LogP contribution in [0, 0.1) is 0 Å². The number of fused-ring (bicyclic) bond motifs is 6. The maximum absolute atomic E-state index is 9.49. The van der Waals surface area contributed by atoms with Crippen molar-refractivity contribution in [3.8, 4) is 22.3 Å². The Hall–Kier alpha value is -3.96. The molecular weight excluding hydrogens is 459 g/mol. The molecule has 1 heterocycles. The van der Waals surface area contributed by atoms with Gasteiger partial charge in [-0.15, -0.1) is 11.3 Å². The van der Waals surface area contributed by atoms with Gasteiger partial charge in [-0.05, 0) is 49.8 Å². The van der Waals surface area contributed by atoms with E-state index in [2.05, 4.69) is 91.0 Å². The van der Waals surface area contributed by atoms with Crippen molar-refractivity contribution in [2.24, 2.45) is 0 Å². The fourth-order valence-electron chi connectivity index (χ4n) is 5.37. The molecule has 0 saturated heterocycles. The van der Waals surface area contributed by atoms with Gasteiger partial charge in [-0.25, -0.2) is 0 Å². The molecule has 0 aliphatic heterocycles. The molecule has 7 rings (SSSR count). The van der Waals surface area contributed by atoms with E-state index in [9.17, 15) is 10.0 Å². The van der Waals surface area contributed by atoms with Gasteiger partial charge in [-0.3, -0.25) is 0 Å². The molecule has 7 aromatic rings. The van der Waals surface area contributed by atoms with Crippen molar-refractivity contribution in [1.82, 2.24) is 0 Å². The van der Waals surface area contributed by atoms with Crippen LogP contribution in [0.25, 0.3) is 64.0 Å². The van der Waals surface area contributed by atoms with E-state index in [-0.39, 0.29) is 0 Å². The van der Waals surface area contributed by atoms with Gasteiger partial charge in [0.05, 0.1) is 0 Å². The van der Waals surface area contributed by atoms with Crippen LogP contribution < -0.4 is 5.46 Å². The zero-order chi connectivity index (χ0) is 24.2. The first-order chi connectivity index (χ1) is 17.7. The van der Waals surface area contributed by atoms with Crippen LogP contribution in [0.1, 0.15) is 0 Å². The van der Waals surface area contributed by atoms with E-state index in [1.54, 1.807) is 12.1 Å². The smallest absolute Gasteiger partial charge is 0.423 e. The van der Waals surface area contributed by atoms with Crippen molar-refractivity contribution in [2.45, 2.75) is 0 Å². The van der Waals surface area contributed by atoms with Crippen LogP contribution in [0.2, 0.25) is 0 Å². The Morgan fingerprint density at radius 3 is 1.78 bits per heavy atom. The average Bonchev–Trinajstić information content (AvgIpc) is 3.32. The summed E-state index contributed by atoms with van der Waals surface area (Å²) in [7, 11) is -1.46. The molecule has 0 spiro atoms. The lowest BCUT2D eigenvalue weighted by atomic mass is 9.80. The number of rotatable bonds is 3. The molecule has 0 fully saturated rings. The Morgan fingerprint density at radius 1 is 0.472 bits per heavy atom. The normalized spacial score (nSPS) is 11.6. The molecule has 0 unspecified atom stereocenters. The summed E-state index contributed by atoms with van der Waals surface area (Å²) in [5, 5.41) is 26.5. The maximum atomic E-state index is 9.49. The van der Waals surface area contributed by atoms with Crippen molar-refractivity contribution < 1.29 is 10.0 Å². The molecule has 0 atom stereocenters. The molecule has 0 amide bonds. The number of hydrogen-bond acceptors (Lipinski definition) is 3. The lowest BCUT2D eigenvalue weighted by Gasteiger charge is -2.12. The van der Waals surface area contributed by atoms with Crippen molar-refractivity contribution in [2.75, 3.05) is 0 Å². The van der Waals surface area contributed by atoms with Crippen LogP contribution in [0.5, 0.6) is 0 Å². The fourth-order valence-corrected chi connectivity index (χ4v) is 6.74. The van der Waals surface area contributed by atoms with Crippen LogP contribution in [-0.2, 0) is 0 Å². The van der Waals surface area contributed by atoms with Crippen molar-refractivity contribution in [1.29, 1.82) is 0 Å². The molecule has 0 bridgehead atoms. The first kappa shape index (κ1) is 21.3. The molecule has 36 heavy (non-hydrogen) atoms. The summed E-state index contributed by atoms with van der Waals surface area (Å²) in [6.45, 7) is 0. The summed E-state index contributed by atoms with van der Waals surface area (Å²) in [6.07, 6.45) is 0. The van der Waals surface area contributed by atoms with Crippen LogP contribution in [-0.4, -0.2) is 17.2 Å². The predicted octanol–water partition coefficient (Wildman–Crippen LogP) is 7.37. The van der Waals surface area contributed by atoms with E-state index >= 15 is 0 Å². The summed E-state index contributed by atoms with van der Waals surface area (Å²) in [5.41, 5.74) is 5.22. The number of benzene rings is 6. The highest BCUT2D eigenvalue weighted by molar-refractivity contribution is 7.26. The van der Waals surface area contributed by atoms with Crippen LogP contribution in [0.4, 0.5) is 0 Å². The molecular formula is C32H21BO2S. The van der Waals surface area contributed by atoms with E-state index in [1.807, 2.05) is 23.5 Å². The Morgan fingerprint density at radius 2 is 1.06 bits per heavy atom. The van der Waals surface area contributed by atoms with E-state index in [4.69, 9.17) is 0 Å². The van der Waals surface area contributed by atoms with Gasteiger partial charge in [0, 0.05) is 25.7 Å². The summed E-state index contributed by atoms with van der Waals surface area (Å²) in [5.74, 6) is 0. The second kappa shape index (κ2) is 8.32. The van der Waals surface area contributed by atoms with Gasteiger partial charge in [0.25, 0.3) is 0 Å². The van der Waals surface area contributed by atoms with Gasteiger partial charge in [-0.2, -0.15) is 0 Å². The van der Waals surface area contributed by atoms with Crippen molar-refractivity contribution >= 4 is 65.6 Å². The highest BCUT2D eigenvalue weighted by Gasteiger charge is 2.17. The number of thiophene rings is 1. The number of hydrogen-bond donors (Lipinski definition) is 2. The van der Waals surface area contributed by atoms with Crippen molar-refractivity contribution in [3.63, 3.8) is 0 Å². The maximum Gasteiger partial charge on any atom is 0.488 e. The quantitative estimate of drug-likeness (QED) is 0.205. The van der Waals surface area contributed by atoms with Gasteiger partial charge in [0.2, 0.25) is 0 Å². The SMILES string of the molecule is OB(O)c1ccc(-c2cccc3c2sc2c(-c4cc5ccccc5c5ccccc45)cccc23)cc1. The van der Waals surface area contributed by atoms with Gasteiger partial charge in [0.1, 0.15) is 0 Å². The van der Waals surface area contributed by atoms with Gasteiger partial charge in [0.15, 0.2) is 0 Å². The third-order valence-electron chi connectivity index (χ3n) is 7.10. The summed E-state index contributed by atoms with van der Waals surface area (Å²) in [6, 6.07) is 40.2. The molecule has 0 aliphatic carbocycles. The summed E-state index contributed by atoms with van der Waals surface area (Å²) in [4.78, 5) is 0. The second-order valence-corrected chi connectivity index (χ2v) is 10.2. The van der Waals surface area contributed by atoms with E-state index < -0.39 is 7.12 Å². The molecule has 6 aromatic carbocycles. The van der Waals surface area contributed by atoms with Gasteiger partial charge >= 0.3 is 7.12 Å². The molecule has 0 aliphatic rings. The lowest BCUT2D eigenvalue weighted by Crippen LogP contribution is -2.29. The Labute approximate surface area is 212 Å². The molecule has 2 N–H and O–H groups in total. The van der Waals surface area contributed by atoms with Crippen LogP contribution in [0.15, 0.2) is 115 Å². The monoisotopic (exact) mass is 480 g/mol.